The molecule has 2 N–H and O–H groups in total. The first-order valence-corrected chi connectivity index (χ1v) is 4.25. The second-order valence-electron chi connectivity index (χ2n) is 2.99. The number of hydrogen-bond acceptors (Lipinski definition) is 4. The Balaban J connectivity index is 3.40. The lowest BCUT2D eigenvalue weighted by molar-refractivity contribution is -0.0503. The van der Waals surface area contributed by atoms with Gasteiger partial charge < -0.3 is 10.5 Å². The first-order valence-electron chi connectivity index (χ1n) is 4.25. The SMILES string of the molecule is CC(=O)c1cc(N)cc(C#N)c1OC(F)F. The van der Waals surface area contributed by atoms with Crippen molar-refractivity contribution in [2.24, 2.45) is 0 Å². The Kier molecular flexibility index (Phi) is 3.40. The molecule has 0 fully saturated rings. The van der Waals surface area contributed by atoms with Gasteiger partial charge in [-0.05, 0) is 19.1 Å². The molecule has 0 heterocycles. The van der Waals surface area contributed by atoms with E-state index in [-0.39, 0.29) is 16.8 Å². The first kappa shape index (κ1) is 11.9. The Morgan fingerprint density at radius 1 is 1.56 bits per heavy atom. The number of alkyl halides is 2. The summed E-state index contributed by atoms with van der Waals surface area (Å²) in [7, 11) is 0. The summed E-state index contributed by atoms with van der Waals surface area (Å²) in [5.41, 5.74) is 5.25. The van der Waals surface area contributed by atoms with Crippen LogP contribution in [0.3, 0.4) is 0 Å². The Labute approximate surface area is 90.2 Å². The molecule has 0 unspecified atom stereocenters. The zero-order chi connectivity index (χ0) is 12.3. The molecule has 0 aliphatic rings. The lowest BCUT2D eigenvalue weighted by Gasteiger charge is -2.11. The van der Waals surface area contributed by atoms with Crippen LogP contribution in [0.15, 0.2) is 12.1 Å². The summed E-state index contributed by atoms with van der Waals surface area (Å²) in [6.45, 7) is -1.93. The Morgan fingerprint density at radius 3 is 2.62 bits per heavy atom. The van der Waals surface area contributed by atoms with E-state index >= 15 is 0 Å². The van der Waals surface area contributed by atoms with Crippen molar-refractivity contribution in [3.8, 4) is 11.8 Å². The largest absolute Gasteiger partial charge is 0.433 e. The molecule has 84 valence electrons. The van der Waals surface area contributed by atoms with Gasteiger partial charge in [0, 0.05) is 5.69 Å². The van der Waals surface area contributed by atoms with Gasteiger partial charge >= 0.3 is 6.61 Å². The molecule has 0 atom stereocenters. The van der Waals surface area contributed by atoms with E-state index in [1.807, 2.05) is 0 Å². The minimum Gasteiger partial charge on any atom is -0.433 e. The third-order valence-corrected chi connectivity index (χ3v) is 1.82. The van der Waals surface area contributed by atoms with Crippen molar-refractivity contribution in [1.82, 2.24) is 0 Å². The summed E-state index contributed by atoms with van der Waals surface area (Å²) in [5, 5.41) is 8.72. The van der Waals surface area contributed by atoms with Crippen LogP contribution in [0.4, 0.5) is 14.5 Å². The van der Waals surface area contributed by atoms with Crippen molar-refractivity contribution in [3.05, 3.63) is 23.3 Å². The number of nitriles is 1. The molecule has 0 aliphatic heterocycles. The molecule has 0 aromatic heterocycles. The highest BCUT2D eigenvalue weighted by molar-refractivity contribution is 5.98. The fraction of sp³-hybridized carbons (Fsp3) is 0.200. The molecule has 1 rings (SSSR count). The number of ketones is 1. The van der Waals surface area contributed by atoms with Gasteiger partial charge in [-0.1, -0.05) is 0 Å². The normalized spacial score (nSPS) is 9.94. The lowest BCUT2D eigenvalue weighted by atomic mass is 10.1. The number of carbonyl (C=O) groups excluding carboxylic acids is 1. The molecule has 0 saturated carbocycles. The van der Waals surface area contributed by atoms with Crippen molar-refractivity contribution in [3.63, 3.8) is 0 Å². The van der Waals surface area contributed by atoms with E-state index in [2.05, 4.69) is 4.74 Å². The number of halogens is 2. The first-order chi connectivity index (χ1) is 7.45. The van der Waals surface area contributed by atoms with Crippen molar-refractivity contribution in [2.45, 2.75) is 13.5 Å². The zero-order valence-corrected chi connectivity index (χ0v) is 8.33. The average Bonchev–Trinajstić information content (AvgIpc) is 2.19. The van der Waals surface area contributed by atoms with Crippen LogP contribution in [0.2, 0.25) is 0 Å². The molecular formula is C10H8F2N2O2. The van der Waals surface area contributed by atoms with E-state index in [0.29, 0.717) is 0 Å². The van der Waals surface area contributed by atoms with Crippen LogP contribution in [-0.4, -0.2) is 12.4 Å². The molecule has 0 saturated heterocycles. The fourth-order valence-corrected chi connectivity index (χ4v) is 1.21. The van der Waals surface area contributed by atoms with Crippen molar-refractivity contribution in [1.29, 1.82) is 5.26 Å². The maximum atomic E-state index is 12.1. The highest BCUT2D eigenvalue weighted by atomic mass is 19.3. The second-order valence-corrected chi connectivity index (χ2v) is 2.99. The van der Waals surface area contributed by atoms with Gasteiger partial charge in [0.15, 0.2) is 11.5 Å². The Bertz CT molecular complexity index is 467. The molecule has 6 heteroatoms. The van der Waals surface area contributed by atoms with Gasteiger partial charge in [0.25, 0.3) is 0 Å². The summed E-state index contributed by atoms with van der Waals surface area (Å²) in [6.07, 6.45) is 0. The van der Waals surface area contributed by atoms with E-state index in [1.165, 1.54) is 19.1 Å². The number of Topliss-reactive ketones (excluding diaryl/α,β-unsaturated/α-hetero) is 1. The predicted molar refractivity (Wildman–Crippen MR) is 52.2 cm³/mol. The van der Waals surface area contributed by atoms with Gasteiger partial charge in [-0.15, -0.1) is 0 Å². The number of rotatable bonds is 3. The van der Waals surface area contributed by atoms with Crippen LogP contribution >= 0.6 is 0 Å². The molecule has 0 bridgehead atoms. The highest BCUT2D eigenvalue weighted by Crippen LogP contribution is 2.28. The highest BCUT2D eigenvalue weighted by Gasteiger charge is 2.18. The van der Waals surface area contributed by atoms with E-state index < -0.39 is 18.1 Å². The molecule has 16 heavy (non-hydrogen) atoms. The number of nitrogens with zero attached hydrogens (tertiary/aromatic N) is 1. The third kappa shape index (κ3) is 2.45. The monoisotopic (exact) mass is 226 g/mol. The number of nitrogens with two attached hydrogens (primary N) is 1. The van der Waals surface area contributed by atoms with Gasteiger partial charge in [0.05, 0.1) is 11.1 Å². The molecular weight excluding hydrogens is 218 g/mol. The number of ether oxygens (including phenoxy) is 1. The lowest BCUT2D eigenvalue weighted by Crippen LogP contribution is -2.09. The average molecular weight is 226 g/mol. The van der Waals surface area contributed by atoms with Crippen LogP contribution in [0.1, 0.15) is 22.8 Å². The van der Waals surface area contributed by atoms with Crippen LogP contribution in [0.5, 0.6) is 5.75 Å². The van der Waals surface area contributed by atoms with Crippen LogP contribution in [0, 0.1) is 11.3 Å². The molecule has 0 amide bonds. The van der Waals surface area contributed by atoms with Crippen LogP contribution in [0.25, 0.3) is 0 Å². The Hall–Kier alpha value is -2.16. The minimum atomic E-state index is -3.10. The van der Waals surface area contributed by atoms with Crippen molar-refractivity contribution < 1.29 is 18.3 Å². The van der Waals surface area contributed by atoms with E-state index in [4.69, 9.17) is 11.0 Å². The fourth-order valence-electron chi connectivity index (χ4n) is 1.21. The van der Waals surface area contributed by atoms with Crippen LogP contribution in [-0.2, 0) is 0 Å². The molecule has 0 aliphatic carbocycles. The number of hydrogen-bond donors (Lipinski definition) is 1. The number of benzene rings is 1. The Morgan fingerprint density at radius 2 is 2.19 bits per heavy atom. The zero-order valence-electron chi connectivity index (χ0n) is 8.33. The maximum absolute atomic E-state index is 12.1. The number of nitrogen functional groups attached to an aromatic ring is 1. The minimum absolute atomic E-state index is 0.128. The smallest absolute Gasteiger partial charge is 0.387 e. The third-order valence-electron chi connectivity index (χ3n) is 1.82. The van der Waals surface area contributed by atoms with Crippen LogP contribution < -0.4 is 10.5 Å². The van der Waals surface area contributed by atoms with E-state index in [9.17, 15) is 13.6 Å². The van der Waals surface area contributed by atoms with Gasteiger partial charge in [0.1, 0.15) is 6.07 Å². The van der Waals surface area contributed by atoms with Gasteiger partial charge in [0.2, 0.25) is 0 Å². The summed E-state index contributed by atoms with van der Waals surface area (Å²) in [4.78, 5) is 11.2. The van der Waals surface area contributed by atoms with E-state index in [1.54, 1.807) is 6.07 Å². The quantitative estimate of drug-likeness (QED) is 0.631. The predicted octanol–water partition coefficient (Wildman–Crippen LogP) is 1.94. The molecule has 0 radical (unpaired) electrons. The molecule has 1 aromatic rings. The molecule has 4 nitrogen and oxygen atoms in total. The molecule has 1 aromatic carbocycles. The number of anilines is 1. The maximum Gasteiger partial charge on any atom is 0.387 e. The topological polar surface area (TPSA) is 76.1 Å². The number of carbonyl (C=O) groups is 1. The standard InChI is InChI=1S/C10H8F2N2O2/c1-5(15)8-3-7(14)2-6(4-13)9(8)16-10(11)12/h2-3,10H,14H2,1H3. The summed E-state index contributed by atoms with van der Waals surface area (Å²) < 4.78 is 28.4. The van der Waals surface area contributed by atoms with Crippen molar-refractivity contribution >= 4 is 11.5 Å². The van der Waals surface area contributed by atoms with Crippen molar-refractivity contribution in [2.75, 3.05) is 5.73 Å². The second kappa shape index (κ2) is 4.57. The van der Waals surface area contributed by atoms with Gasteiger partial charge in [-0.2, -0.15) is 14.0 Å². The van der Waals surface area contributed by atoms with E-state index in [0.717, 1.165) is 0 Å². The summed E-state index contributed by atoms with van der Waals surface area (Å²) in [5.74, 6) is -0.932. The molecule has 0 spiro atoms. The van der Waals surface area contributed by atoms with Gasteiger partial charge in [-0.3, -0.25) is 4.79 Å². The van der Waals surface area contributed by atoms with Gasteiger partial charge in [-0.25, -0.2) is 0 Å². The summed E-state index contributed by atoms with van der Waals surface area (Å²) >= 11 is 0. The summed E-state index contributed by atoms with van der Waals surface area (Å²) in [6, 6.07) is 4.01.